The van der Waals surface area contributed by atoms with Crippen LogP contribution in [0.15, 0.2) is 0 Å². The molecule has 4 N–H and O–H groups in total. The average molecular weight is 268 g/mol. The molecular formula is C16H32N2O. The molecule has 2 aliphatic carbocycles. The van der Waals surface area contributed by atoms with Gasteiger partial charge in [0.25, 0.3) is 0 Å². The van der Waals surface area contributed by atoms with E-state index in [1.807, 2.05) is 0 Å². The van der Waals surface area contributed by atoms with Gasteiger partial charge in [0.1, 0.15) is 0 Å². The maximum atomic E-state index is 8.93. The third-order valence-electron chi connectivity index (χ3n) is 5.67. The maximum absolute atomic E-state index is 8.93. The molecule has 3 heteroatoms. The van der Waals surface area contributed by atoms with Gasteiger partial charge in [0.15, 0.2) is 0 Å². The first-order valence-electron chi connectivity index (χ1n) is 8.22. The van der Waals surface area contributed by atoms with Crippen molar-refractivity contribution in [1.82, 2.24) is 5.32 Å². The third kappa shape index (κ3) is 3.71. The summed E-state index contributed by atoms with van der Waals surface area (Å²) in [5.74, 6) is 0. The number of hydrogen-bond acceptors (Lipinski definition) is 3. The van der Waals surface area contributed by atoms with Crippen LogP contribution in [0, 0.1) is 5.41 Å². The lowest BCUT2D eigenvalue weighted by atomic mass is 9.66. The van der Waals surface area contributed by atoms with Gasteiger partial charge in [0, 0.05) is 24.7 Å². The fourth-order valence-electron chi connectivity index (χ4n) is 4.28. The minimum atomic E-state index is 0.169. The zero-order valence-electron chi connectivity index (χ0n) is 12.6. The van der Waals surface area contributed by atoms with E-state index in [2.05, 4.69) is 12.2 Å². The van der Waals surface area contributed by atoms with E-state index in [0.29, 0.717) is 18.1 Å². The molecule has 0 bridgehead atoms. The van der Waals surface area contributed by atoms with Crippen molar-refractivity contribution in [1.29, 1.82) is 0 Å². The number of aliphatic hydroxyl groups is 1. The van der Waals surface area contributed by atoms with E-state index in [-0.39, 0.29) is 5.54 Å². The second-order valence-electron chi connectivity index (χ2n) is 7.10. The summed E-state index contributed by atoms with van der Waals surface area (Å²) >= 11 is 0. The van der Waals surface area contributed by atoms with Gasteiger partial charge in [-0.1, -0.05) is 12.8 Å². The normalized spacial score (nSPS) is 26.7. The predicted octanol–water partition coefficient (Wildman–Crippen LogP) is 2.57. The molecule has 19 heavy (non-hydrogen) atoms. The molecule has 0 aromatic carbocycles. The highest BCUT2D eigenvalue weighted by Crippen LogP contribution is 2.51. The van der Waals surface area contributed by atoms with Crippen LogP contribution < -0.4 is 11.1 Å². The fraction of sp³-hybridized carbons (Fsp3) is 1.00. The smallest absolute Gasteiger partial charge is 0.0431 e. The van der Waals surface area contributed by atoms with Crippen LogP contribution in [0.3, 0.4) is 0 Å². The molecule has 0 heterocycles. The number of hydrogen-bond donors (Lipinski definition) is 3. The van der Waals surface area contributed by atoms with E-state index in [4.69, 9.17) is 10.8 Å². The van der Waals surface area contributed by atoms with Crippen molar-refractivity contribution in [2.24, 2.45) is 11.1 Å². The summed E-state index contributed by atoms with van der Waals surface area (Å²) in [7, 11) is 0. The molecule has 1 spiro atoms. The van der Waals surface area contributed by atoms with Crippen molar-refractivity contribution in [2.75, 3.05) is 13.2 Å². The molecule has 1 unspecified atom stereocenters. The Balaban J connectivity index is 1.86. The quantitative estimate of drug-likeness (QED) is 0.694. The molecule has 0 aromatic heterocycles. The second kappa shape index (κ2) is 6.55. The van der Waals surface area contributed by atoms with Crippen molar-refractivity contribution in [3.05, 3.63) is 0 Å². The molecule has 0 amide bonds. The number of nitrogens with two attached hydrogens (primary N) is 1. The molecule has 0 aliphatic heterocycles. The standard InChI is InChI=1S/C16H32N2O/c1-14(5-4-12-19)18-16(13-17)10-8-15(9-11-16)6-2-3-7-15/h14,18-19H,2-13,17H2,1H3. The maximum Gasteiger partial charge on any atom is 0.0431 e. The van der Waals surface area contributed by atoms with Crippen molar-refractivity contribution in [2.45, 2.75) is 82.7 Å². The largest absolute Gasteiger partial charge is 0.396 e. The van der Waals surface area contributed by atoms with Crippen LogP contribution >= 0.6 is 0 Å². The van der Waals surface area contributed by atoms with Crippen LogP contribution in [-0.2, 0) is 0 Å². The highest BCUT2D eigenvalue weighted by Gasteiger charge is 2.43. The summed E-state index contributed by atoms with van der Waals surface area (Å²) < 4.78 is 0. The van der Waals surface area contributed by atoms with Crippen LogP contribution in [0.4, 0.5) is 0 Å². The van der Waals surface area contributed by atoms with E-state index in [1.54, 1.807) is 0 Å². The van der Waals surface area contributed by atoms with Crippen LogP contribution in [0.1, 0.15) is 71.1 Å². The number of rotatable bonds is 6. The highest BCUT2D eigenvalue weighted by molar-refractivity contribution is 5.00. The molecular weight excluding hydrogens is 236 g/mol. The summed E-state index contributed by atoms with van der Waals surface area (Å²) in [6.07, 6.45) is 12.9. The number of nitrogens with one attached hydrogen (secondary N) is 1. The Morgan fingerprint density at radius 1 is 1.11 bits per heavy atom. The van der Waals surface area contributed by atoms with Crippen LogP contribution in [0.2, 0.25) is 0 Å². The fourth-order valence-corrected chi connectivity index (χ4v) is 4.28. The lowest BCUT2D eigenvalue weighted by Gasteiger charge is -2.46. The zero-order valence-corrected chi connectivity index (χ0v) is 12.6. The van der Waals surface area contributed by atoms with Gasteiger partial charge in [0.2, 0.25) is 0 Å². The van der Waals surface area contributed by atoms with Crippen molar-refractivity contribution < 1.29 is 5.11 Å². The van der Waals surface area contributed by atoms with E-state index in [1.165, 1.54) is 51.4 Å². The Morgan fingerprint density at radius 3 is 2.26 bits per heavy atom. The molecule has 1 atom stereocenters. The first-order chi connectivity index (χ1) is 9.14. The Labute approximate surface area is 118 Å². The molecule has 2 saturated carbocycles. The van der Waals surface area contributed by atoms with E-state index in [9.17, 15) is 0 Å². The second-order valence-corrected chi connectivity index (χ2v) is 7.10. The van der Waals surface area contributed by atoms with Gasteiger partial charge >= 0.3 is 0 Å². The number of aliphatic hydroxyl groups excluding tert-OH is 1. The Bertz CT molecular complexity index is 264. The van der Waals surface area contributed by atoms with Crippen molar-refractivity contribution in [3.63, 3.8) is 0 Å². The summed E-state index contributed by atoms with van der Waals surface area (Å²) in [6, 6.07) is 0.466. The summed E-state index contributed by atoms with van der Waals surface area (Å²) in [5.41, 5.74) is 6.94. The third-order valence-corrected chi connectivity index (χ3v) is 5.67. The first kappa shape index (κ1) is 15.3. The molecule has 3 nitrogen and oxygen atoms in total. The van der Waals surface area contributed by atoms with E-state index < -0.39 is 0 Å². The molecule has 2 aliphatic rings. The SMILES string of the molecule is CC(CCCO)NC1(CN)CCC2(CCCC2)CC1. The van der Waals surface area contributed by atoms with Gasteiger partial charge in [-0.3, -0.25) is 0 Å². The predicted molar refractivity (Wildman–Crippen MR) is 80.1 cm³/mol. The van der Waals surface area contributed by atoms with E-state index >= 15 is 0 Å². The highest BCUT2D eigenvalue weighted by atomic mass is 16.2. The Kier molecular flexibility index (Phi) is 5.27. The van der Waals surface area contributed by atoms with Gasteiger partial charge in [0.05, 0.1) is 0 Å². The first-order valence-corrected chi connectivity index (χ1v) is 8.22. The minimum absolute atomic E-state index is 0.169. The summed E-state index contributed by atoms with van der Waals surface area (Å²) in [5, 5.41) is 12.7. The Hall–Kier alpha value is -0.120. The van der Waals surface area contributed by atoms with Gasteiger partial charge in [-0.05, 0) is 63.7 Å². The van der Waals surface area contributed by atoms with Crippen LogP contribution in [0.25, 0.3) is 0 Å². The van der Waals surface area contributed by atoms with Gasteiger partial charge in [-0.15, -0.1) is 0 Å². The Morgan fingerprint density at radius 2 is 1.74 bits per heavy atom. The molecule has 2 rings (SSSR count). The molecule has 0 radical (unpaired) electrons. The molecule has 0 saturated heterocycles. The summed E-state index contributed by atoms with van der Waals surface area (Å²) in [6.45, 7) is 3.28. The lowest BCUT2D eigenvalue weighted by Crippen LogP contribution is -2.57. The summed E-state index contributed by atoms with van der Waals surface area (Å²) in [4.78, 5) is 0. The zero-order chi connectivity index (χ0) is 13.8. The van der Waals surface area contributed by atoms with E-state index in [0.717, 1.165) is 19.4 Å². The van der Waals surface area contributed by atoms with Crippen molar-refractivity contribution >= 4 is 0 Å². The van der Waals surface area contributed by atoms with Gasteiger partial charge in [-0.2, -0.15) is 0 Å². The monoisotopic (exact) mass is 268 g/mol. The molecule has 112 valence electrons. The van der Waals surface area contributed by atoms with Crippen LogP contribution in [0.5, 0.6) is 0 Å². The topological polar surface area (TPSA) is 58.3 Å². The van der Waals surface area contributed by atoms with Gasteiger partial charge < -0.3 is 16.2 Å². The lowest BCUT2D eigenvalue weighted by molar-refractivity contribution is 0.105. The van der Waals surface area contributed by atoms with Gasteiger partial charge in [-0.25, -0.2) is 0 Å². The minimum Gasteiger partial charge on any atom is -0.396 e. The van der Waals surface area contributed by atoms with Crippen LogP contribution in [-0.4, -0.2) is 29.8 Å². The van der Waals surface area contributed by atoms with Crippen molar-refractivity contribution in [3.8, 4) is 0 Å². The average Bonchev–Trinajstić information content (AvgIpc) is 2.88. The molecule has 0 aromatic rings. The molecule has 2 fully saturated rings.